The summed E-state index contributed by atoms with van der Waals surface area (Å²) in [5.74, 6) is 0.303. The predicted molar refractivity (Wildman–Crippen MR) is 68.9 cm³/mol. The van der Waals surface area contributed by atoms with E-state index in [1.54, 1.807) is 12.1 Å². The number of nitrogens with zero attached hydrogens (tertiary/aromatic N) is 1. The van der Waals surface area contributed by atoms with E-state index >= 15 is 0 Å². The summed E-state index contributed by atoms with van der Waals surface area (Å²) in [5, 5.41) is 6.84. The average Bonchev–Trinajstić information content (AvgIpc) is 2.72. The molecule has 0 aliphatic carbocycles. The lowest BCUT2D eigenvalue weighted by Crippen LogP contribution is -1.93. The van der Waals surface area contributed by atoms with Crippen LogP contribution in [0.4, 0.5) is 10.2 Å². The number of methoxy groups -OCH3 is 1. The number of aromatic amines is 1. The maximum Gasteiger partial charge on any atom is 0.165 e. The van der Waals surface area contributed by atoms with Crippen LogP contribution >= 0.6 is 0 Å². The third-order valence-electron chi connectivity index (χ3n) is 2.84. The SMILES string of the molecule is CCCc1c(N)n[nH]c1-c1ccc(OC)c(F)c1. The lowest BCUT2D eigenvalue weighted by molar-refractivity contribution is 0.386. The molecule has 0 aliphatic heterocycles. The van der Waals surface area contributed by atoms with Crippen molar-refractivity contribution in [3.63, 3.8) is 0 Å². The van der Waals surface area contributed by atoms with E-state index in [2.05, 4.69) is 17.1 Å². The zero-order valence-corrected chi connectivity index (χ0v) is 10.5. The molecule has 0 atom stereocenters. The van der Waals surface area contributed by atoms with E-state index in [0.29, 0.717) is 5.82 Å². The van der Waals surface area contributed by atoms with Crippen LogP contribution in [0.1, 0.15) is 18.9 Å². The number of nitrogen functional groups attached to an aromatic ring is 1. The molecule has 1 heterocycles. The Bertz CT molecular complexity index is 551. The Morgan fingerprint density at radius 3 is 2.83 bits per heavy atom. The maximum atomic E-state index is 13.7. The molecule has 2 aromatic rings. The highest BCUT2D eigenvalue weighted by Gasteiger charge is 2.13. The van der Waals surface area contributed by atoms with Gasteiger partial charge in [-0.1, -0.05) is 13.3 Å². The van der Waals surface area contributed by atoms with Crippen LogP contribution in [0.15, 0.2) is 18.2 Å². The summed E-state index contributed by atoms with van der Waals surface area (Å²) >= 11 is 0. The van der Waals surface area contributed by atoms with Crippen LogP contribution in [0, 0.1) is 5.82 Å². The van der Waals surface area contributed by atoms with E-state index in [0.717, 1.165) is 29.7 Å². The molecule has 3 N–H and O–H groups in total. The summed E-state index contributed by atoms with van der Waals surface area (Å²) in [5.41, 5.74) is 8.23. The van der Waals surface area contributed by atoms with Crippen molar-refractivity contribution in [1.82, 2.24) is 10.2 Å². The van der Waals surface area contributed by atoms with E-state index in [4.69, 9.17) is 10.5 Å². The fraction of sp³-hybridized carbons (Fsp3) is 0.308. The lowest BCUT2D eigenvalue weighted by atomic mass is 10.0. The fourth-order valence-corrected chi connectivity index (χ4v) is 1.94. The quantitative estimate of drug-likeness (QED) is 0.875. The Balaban J connectivity index is 2.45. The molecule has 0 aliphatic rings. The Morgan fingerprint density at radius 2 is 2.22 bits per heavy atom. The number of nitrogens with two attached hydrogens (primary N) is 1. The predicted octanol–water partition coefficient (Wildman–Crippen LogP) is 2.76. The van der Waals surface area contributed by atoms with Gasteiger partial charge in [-0.05, 0) is 24.6 Å². The molecular formula is C13H16FN3O. The minimum absolute atomic E-state index is 0.225. The lowest BCUT2D eigenvalue weighted by Gasteiger charge is -2.06. The van der Waals surface area contributed by atoms with Gasteiger partial charge >= 0.3 is 0 Å². The van der Waals surface area contributed by atoms with Gasteiger partial charge in [0.05, 0.1) is 12.8 Å². The van der Waals surface area contributed by atoms with Crippen LogP contribution in [0.25, 0.3) is 11.3 Å². The van der Waals surface area contributed by atoms with Crippen molar-refractivity contribution in [1.29, 1.82) is 0 Å². The number of rotatable bonds is 4. The van der Waals surface area contributed by atoms with Crippen LogP contribution in [-0.4, -0.2) is 17.3 Å². The number of hydrogen-bond donors (Lipinski definition) is 2. The largest absolute Gasteiger partial charge is 0.494 e. The highest BCUT2D eigenvalue weighted by molar-refractivity contribution is 5.68. The van der Waals surface area contributed by atoms with Crippen molar-refractivity contribution in [2.45, 2.75) is 19.8 Å². The van der Waals surface area contributed by atoms with Gasteiger partial charge in [0.2, 0.25) is 0 Å². The van der Waals surface area contributed by atoms with Gasteiger partial charge < -0.3 is 10.5 Å². The standard InChI is InChI=1S/C13H16FN3O/c1-3-4-9-12(16-17-13(9)15)8-5-6-11(18-2)10(14)7-8/h5-7H,3-4H2,1-2H3,(H3,15,16,17). The molecule has 96 valence electrons. The van der Waals surface area contributed by atoms with Crippen LogP contribution in [0.2, 0.25) is 0 Å². The molecule has 0 bridgehead atoms. The smallest absolute Gasteiger partial charge is 0.165 e. The second-order valence-electron chi connectivity index (χ2n) is 4.06. The molecule has 5 heteroatoms. The molecule has 1 aromatic heterocycles. The number of H-pyrrole nitrogens is 1. The molecule has 0 fully saturated rings. The average molecular weight is 249 g/mol. The summed E-state index contributed by atoms with van der Waals surface area (Å²) in [6.45, 7) is 2.06. The molecule has 0 radical (unpaired) electrons. The molecule has 0 amide bonds. The van der Waals surface area contributed by atoms with Crippen LogP contribution in [0.3, 0.4) is 0 Å². The van der Waals surface area contributed by atoms with Gasteiger partial charge in [-0.3, -0.25) is 5.10 Å². The highest BCUT2D eigenvalue weighted by atomic mass is 19.1. The van der Waals surface area contributed by atoms with Gasteiger partial charge in [-0.15, -0.1) is 0 Å². The fourth-order valence-electron chi connectivity index (χ4n) is 1.94. The van der Waals surface area contributed by atoms with Crippen LogP contribution < -0.4 is 10.5 Å². The molecule has 0 saturated carbocycles. The number of benzene rings is 1. The normalized spacial score (nSPS) is 10.6. The van der Waals surface area contributed by atoms with E-state index in [-0.39, 0.29) is 5.75 Å². The number of hydrogen-bond acceptors (Lipinski definition) is 3. The van der Waals surface area contributed by atoms with Crippen LogP contribution in [-0.2, 0) is 6.42 Å². The van der Waals surface area contributed by atoms with E-state index in [1.165, 1.54) is 13.2 Å². The third-order valence-corrected chi connectivity index (χ3v) is 2.84. The Hall–Kier alpha value is -2.04. The zero-order valence-electron chi connectivity index (χ0n) is 10.5. The molecule has 18 heavy (non-hydrogen) atoms. The second kappa shape index (κ2) is 5.08. The number of nitrogens with one attached hydrogen (secondary N) is 1. The minimum Gasteiger partial charge on any atom is -0.494 e. The topological polar surface area (TPSA) is 63.9 Å². The summed E-state index contributed by atoms with van der Waals surface area (Å²) in [4.78, 5) is 0. The summed E-state index contributed by atoms with van der Waals surface area (Å²) < 4.78 is 18.6. The van der Waals surface area contributed by atoms with Gasteiger partial charge in [0, 0.05) is 11.1 Å². The van der Waals surface area contributed by atoms with Gasteiger partial charge in [0.15, 0.2) is 11.6 Å². The van der Waals surface area contributed by atoms with Crippen molar-refractivity contribution in [3.8, 4) is 17.0 Å². The number of halogens is 1. The van der Waals surface area contributed by atoms with Crippen molar-refractivity contribution < 1.29 is 9.13 Å². The molecular weight excluding hydrogens is 233 g/mol. The van der Waals surface area contributed by atoms with E-state index in [9.17, 15) is 4.39 Å². The van der Waals surface area contributed by atoms with Crippen molar-refractivity contribution in [2.75, 3.05) is 12.8 Å². The van der Waals surface area contributed by atoms with Crippen molar-refractivity contribution in [2.24, 2.45) is 0 Å². The number of anilines is 1. The number of ether oxygens (including phenoxy) is 1. The van der Waals surface area contributed by atoms with E-state index in [1.807, 2.05) is 0 Å². The molecule has 0 unspecified atom stereocenters. The van der Waals surface area contributed by atoms with Gasteiger partial charge in [0.1, 0.15) is 5.82 Å². The van der Waals surface area contributed by atoms with Gasteiger partial charge in [-0.2, -0.15) is 5.10 Å². The monoisotopic (exact) mass is 249 g/mol. The summed E-state index contributed by atoms with van der Waals surface area (Å²) in [7, 11) is 1.44. The van der Waals surface area contributed by atoms with Crippen molar-refractivity contribution in [3.05, 3.63) is 29.6 Å². The molecule has 0 spiro atoms. The summed E-state index contributed by atoms with van der Waals surface area (Å²) in [6.07, 6.45) is 1.76. The van der Waals surface area contributed by atoms with Crippen LogP contribution in [0.5, 0.6) is 5.75 Å². The zero-order chi connectivity index (χ0) is 13.1. The maximum absolute atomic E-state index is 13.7. The first-order valence-corrected chi connectivity index (χ1v) is 5.84. The molecule has 1 aromatic carbocycles. The molecule has 2 rings (SSSR count). The van der Waals surface area contributed by atoms with Crippen molar-refractivity contribution >= 4 is 5.82 Å². The number of aromatic nitrogens is 2. The minimum atomic E-state index is -0.398. The molecule has 0 saturated heterocycles. The Labute approximate surface area is 105 Å². The Morgan fingerprint density at radius 1 is 1.44 bits per heavy atom. The van der Waals surface area contributed by atoms with E-state index < -0.39 is 5.82 Å². The first-order valence-electron chi connectivity index (χ1n) is 5.84. The first-order chi connectivity index (χ1) is 8.67. The van der Waals surface area contributed by atoms with Gasteiger partial charge in [0.25, 0.3) is 0 Å². The highest BCUT2D eigenvalue weighted by Crippen LogP contribution is 2.29. The third kappa shape index (κ3) is 2.16. The second-order valence-corrected chi connectivity index (χ2v) is 4.06. The van der Waals surface area contributed by atoms with Gasteiger partial charge in [-0.25, -0.2) is 4.39 Å². The summed E-state index contributed by atoms with van der Waals surface area (Å²) in [6, 6.07) is 4.80. The first kappa shape index (κ1) is 12.4. The molecule has 4 nitrogen and oxygen atoms in total. The Kier molecular flexibility index (Phi) is 3.50.